The number of thiophene rings is 1. The fourth-order valence-electron chi connectivity index (χ4n) is 2.35. The number of rotatable bonds is 4. The molecule has 0 aliphatic heterocycles. The van der Waals surface area contributed by atoms with E-state index < -0.39 is 16.0 Å². The molecule has 7 heteroatoms. The summed E-state index contributed by atoms with van der Waals surface area (Å²) in [6.07, 6.45) is 0. The van der Waals surface area contributed by atoms with E-state index in [1.54, 1.807) is 31.2 Å². The maximum absolute atomic E-state index is 12.6. The first kappa shape index (κ1) is 16.5. The van der Waals surface area contributed by atoms with Crippen molar-refractivity contribution in [3.8, 4) is 0 Å². The van der Waals surface area contributed by atoms with Crippen molar-refractivity contribution < 1.29 is 17.9 Å². The third-order valence-corrected chi connectivity index (χ3v) is 6.18. The van der Waals surface area contributed by atoms with Crippen molar-refractivity contribution in [2.45, 2.75) is 11.8 Å². The van der Waals surface area contributed by atoms with Crippen molar-refractivity contribution in [1.29, 1.82) is 0 Å². The third kappa shape index (κ3) is 3.13. The number of ether oxygens (including phenoxy) is 1. The molecule has 1 heterocycles. The summed E-state index contributed by atoms with van der Waals surface area (Å²) in [4.78, 5) is 12.2. The molecule has 3 aromatic rings. The second kappa shape index (κ2) is 6.26. The lowest BCUT2D eigenvalue weighted by Gasteiger charge is -2.07. The van der Waals surface area contributed by atoms with Crippen LogP contribution in [0.4, 0.5) is 5.00 Å². The Hall–Kier alpha value is -2.38. The third-order valence-electron chi connectivity index (χ3n) is 3.55. The van der Waals surface area contributed by atoms with Gasteiger partial charge in [0.15, 0.2) is 0 Å². The molecule has 0 aliphatic rings. The van der Waals surface area contributed by atoms with Gasteiger partial charge >= 0.3 is 5.97 Å². The smallest absolute Gasteiger partial charge is 0.348 e. The summed E-state index contributed by atoms with van der Waals surface area (Å²) in [6.45, 7) is 1.73. The van der Waals surface area contributed by atoms with Crippen LogP contribution in [-0.2, 0) is 14.8 Å². The average molecular weight is 361 g/mol. The lowest BCUT2D eigenvalue weighted by Crippen LogP contribution is -2.11. The molecule has 0 saturated carbocycles. The number of fused-ring (bicyclic) bond motifs is 1. The highest BCUT2D eigenvalue weighted by Gasteiger charge is 2.19. The lowest BCUT2D eigenvalue weighted by atomic mass is 10.1. The lowest BCUT2D eigenvalue weighted by molar-refractivity contribution is 0.0605. The zero-order valence-electron chi connectivity index (χ0n) is 13.1. The molecule has 1 N–H and O–H groups in total. The molecule has 0 spiro atoms. The molecule has 24 heavy (non-hydrogen) atoms. The summed E-state index contributed by atoms with van der Waals surface area (Å²) in [5.41, 5.74) is 0.670. The summed E-state index contributed by atoms with van der Waals surface area (Å²) >= 11 is 1.05. The van der Waals surface area contributed by atoms with Crippen LogP contribution in [0.5, 0.6) is 0 Å². The van der Waals surface area contributed by atoms with Gasteiger partial charge in [0.1, 0.15) is 9.88 Å². The Morgan fingerprint density at radius 1 is 1.08 bits per heavy atom. The van der Waals surface area contributed by atoms with Crippen LogP contribution in [0.15, 0.2) is 53.4 Å². The van der Waals surface area contributed by atoms with Crippen molar-refractivity contribution in [3.05, 3.63) is 59.0 Å². The van der Waals surface area contributed by atoms with Gasteiger partial charge in [-0.2, -0.15) is 0 Å². The minimum absolute atomic E-state index is 0.173. The Balaban J connectivity index is 1.94. The molecule has 3 rings (SSSR count). The first-order chi connectivity index (χ1) is 11.4. The summed E-state index contributed by atoms with van der Waals surface area (Å²) < 4.78 is 32.4. The fourth-order valence-corrected chi connectivity index (χ4v) is 4.66. The quantitative estimate of drug-likeness (QED) is 0.718. The van der Waals surface area contributed by atoms with Gasteiger partial charge in [0.05, 0.1) is 12.0 Å². The van der Waals surface area contributed by atoms with E-state index in [-0.39, 0.29) is 4.90 Å². The molecule has 0 aliphatic carbocycles. The largest absolute Gasteiger partial charge is 0.465 e. The number of sulfonamides is 1. The van der Waals surface area contributed by atoms with E-state index >= 15 is 0 Å². The van der Waals surface area contributed by atoms with Gasteiger partial charge in [0, 0.05) is 0 Å². The van der Waals surface area contributed by atoms with Crippen molar-refractivity contribution in [2.75, 3.05) is 11.8 Å². The van der Waals surface area contributed by atoms with Gasteiger partial charge in [0.25, 0.3) is 10.0 Å². The number of anilines is 1. The Bertz CT molecular complexity index is 1020. The molecule has 0 fully saturated rings. The van der Waals surface area contributed by atoms with E-state index in [1.807, 2.05) is 24.3 Å². The molecule has 0 amide bonds. The summed E-state index contributed by atoms with van der Waals surface area (Å²) in [5, 5.41) is 2.19. The number of carbonyl (C=O) groups excluding carboxylic acids is 1. The Morgan fingerprint density at radius 3 is 2.50 bits per heavy atom. The zero-order valence-corrected chi connectivity index (χ0v) is 14.7. The molecule has 0 bridgehead atoms. The molecule has 0 radical (unpaired) electrons. The van der Waals surface area contributed by atoms with E-state index in [1.165, 1.54) is 7.11 Å². The Kier molecular flexibility index (Phi) is 4.29. The molecule has 0 unspecified atom stereocenters. The van der Waals surface area contributed by atoms with Crippen LogP contribution in [0.25, 0.3) is 10.8 Å². The normalized spacial score (nSPS) is 11.4. The van der Waals surface area contributed by atoms with E-state index in [0.29, 0.717) is 15.4 Å². The first-order valence-corrected chi connectivity index (χ1v) is 9.41. The van der Waals surface area contributed by atoms with Crippen LogP contribution in [0.3, 0.4) is 0 Å². The zero-order chi connectivity index (χ0) is 17.3. The molecule has 0 atom stereocenters. The van der Waals surface area contributed by atoms with Gasteiger partial charge in [-0.05, 0) is 41.5 Å². The molecule has 1 aromatic heterocycles. The van der Waals surface area contributed by atoms with Gasteiger partial charge in [-0.1, -0.05) is 30.3 Å². The SMILES string of the molecule is COC(=O)c1sc(NS(=O)(=O)c2ccc3ccccc3c2)cc1C. The minimum atomic E-state index is -3.73. The van der Waals surface area contributed by atoms with Crippen LogP contribution in [0.2, 0.25) is 0 Å². The van der Waals surface area contributed by atoms with Gasteiger partial charge in [-0.25, -0.2) is 13.2 Å². The number of methoxy groups -OCH3 is 1. The molecular formula is C17H15NO4S2. The summed E-state index contributed by atoms with van der Waals surface area (Å²) in [6, 6.07) is 14.1. The van der Waals surface area contributed by atoms with E-state index in [4.69, 9.17) is 0 Å². The number of nitrogens with one attached hydrogen (secondary N) is 1. The standard InChI is InChI=1S/C17H15NO4S2/c1-11-9-15(23-16(11)17(19)22-2)18-24(20,21)14-8-7-12-5-3-4-6-13(12)10-14/h3-10,18H,1-2H3. The van der Waals surface area contributed by atoms with Crippen molar-refractivity contribution in [3.63, 3.8) is 0 Å². The van der Waals surface area contributed by atoms with E-state index in [2.05, 4.69) is 9.46 Å². The van der Waals surface area contributed by atoms with Crippen LogP contribution in [0, 0.1) is 6.92 Å². The molecule has 124 valence electrons. The summed E-state index contributed by atoms with van der Waals surface area (Å²) in [7, 11) is -2.44. The van der Waals surface area contributed by atoms with Crippen molar-refractivity contribution in [2.24, 2.45) is 0 Å². The van der Waals surface area contributed by atoms with Gasteiger partial charge in [0.2, 0.25) is 0 Å². The topological polar surface area (TPSA) is 72.5 Å². The molecule has 0 saturated heterocycles. The first-order valence-electron chi connectivity index (χ1n) is 7.11. The highest BCUT2D eigenvalue weighted by molar-refractivity contribution is 7.93. The molecule has 2 aromatic carbocycles. The van der Waals surface area contributed by atoms with Gasteiger partial charge in [-0.3, -0.25) is 4.72 Å². The van der Waals surface area contributed by atoms with Crippen molar-refractivity contribution in [1.82, 2.24) is 0 Å². The Labute approximate surface area is 143 Å². The number of benzene rings is 2. The Morgan fingerprint density at radius 2 is 1.79 bits per heavy atom. The van der Waals surface area contributed by atoms with Crippen LogP contribution < -0.4 is 4.72 Å². The monoisotopic (exact) mass is 361 g/mol. The van der Waals surface area contributed by atoms with Crippen LogP contribution >= 0.6 is 11.3 Å². The fraction of sp³-hybridized carbons (Fsp3) is 0.118. The van der Waals surface area contributed by atoms with Crippen LogP contribution in [0.1, 0.15) is 15.2 Å². The number of carbonyl (C=O) groups is 1. The maximum atomic E-state index is 12.6. The second-order valence-electron chi connectivity index (χ2n) is 5.23. The number of aryl methyl sites for hydroxylation is 1. The van der Waals surface area contributed by atoms with Gasteiger partial charge in [-0.15, -0.1) is 11.3 Å². The average Bonchev–Trinajstić information content (AvgIpc) is 2.93. The van der Waals surface area contributed by atoms with E-state index in [9.17, 15) is 13.2 Å². The number of hydrogen-bond donors (Lipinski definition) is 1. The second-order valence-corrected chi connectivity index (χ2v) is 7.96. The van der Waals surface area contributed by atoms with Gasteiger partial charge < -0.3 is 4.74 Å². The molecule has 5 nitrogen and oxygen atoms in total. The van der Waals surface area contributed by atoms with Crippen LogP contribution in [-0.4, -0.2) is 21.5 Å². The molecular weight excluding hydrogens is 346 g/mol. The number of hydrogen-bond acceptors (Lipinski definition) is 5. The summed E-state index contributed by atoms with van der Waals surface area (Å²) in [5.74, 6) is -0.478. The van der Waals surface area contributed by atoms with E-state index in [0.717, 1.165) is 22.1 Å². The number of esters is 1. The highest BCUT2D eigenvalue weighted by atomic mass is 32.2. The highest BCUT2D eigenvalue weighted by Crippen LogP contribution is 2.29. The maximum Gasteiger partial charge on any atom is 0.348 e. The minimum Gasteiger partial charge on any atom is -0.465 e. The predicted molar refractivity (Wildman–Crippen MR) is 95.2 cm³/mol. The van der Waals surface area contributed by atoms with Crippen molar-refractivity contribution >= 4 is 43.1 Å². The predicted octanol–water partition coefficient (Wildman–Crippen LogP) is 3.80.